The molecule has 8 heteroatoms. The molecule has 9 rings (SSSR count). The van der Waals surface area contributed by atoms with Crippen LogP contribution in [-0.4, -0.2) is 17.3 Å². The third-order valence-electron chi connectivity index (χ3n) is 8.41. The van der Waals surface area contributed by atoms with Crippen molar-refractivity contribution in [2.24, 2.45) is 0 Å². The molecule has 0 saturated heterocycles. The average Bonchev–Trinajstić information content (AvgIpc) is 3.48. The maximum atomic E-state index is 12.0. The minimum Gasteiger partial charge on any atom is -0.455 e. The third-order valence-corrected chi connectivity index (χ3v) is 10.4. The Morgan fingerprint density at radius 1 is 0.521 bits per heavy atom. The first kappa shape index (κ1) is 32.8. The van der Waals surface area contributed by atoms with Gasteiger partial charge in [0.2, 0.25) is 11.6 Å². The molecule has 0 spiro atoms. The molecule has 0 atom stereocenters. The number of carbonyl (C=O) groups is 3. The van der Waals surface area contributed by atoms with E-state index >= 15 is 0 Å². The summed E-state index contributed by atoms with van der Waals surface area (Å²) in [5.41, 5.74) is 4.42. The molecule has 0 saturated carbocycles. The molecule has 6 aromatic carbocycles. The van der Waals surface area contributed by atoms with E-state index in [-0.39, 0.29) is 5.78 Å². The van der Waals surface area contributed by atoms with Gasteiger partial charge in [-0.1, -0.05) is 100 Å². The molecule has 0 fully saturated rings. The number of para-hydroxylation sites is 1. The molecule has 0 N–H and O–H groups in total. The van der Waals surface area contributed by atoms with Crippen molar-refractivity contribution in [3.63, 3.8) is 0 Å². The summed E-state index contributed by atoms with van der Waals surface area (Å²) in [6.45, 7) is 0. The second-order valence-corrected chi connectivity index (χ2v) is 15.1. The lowest BCUT2D eigenvalue weighted by molar-refractivity contribution is -0.114. The summed E-state index contributed by atoms with van der Waals surface area (Å²) in [6.07, 6.45) is 6.51. The molecule has 2 aliphatic rings. The predicted molar refractivity (Wildman–Crippen MR) is 208 cm³/mol. The first-order chi connectivity index (χ1) is 23.2. The molecule has 0 aliphatic heterocycles. The number of hydrogen-bond acceptors (Lipinski definition) is 4. The summed E-state index contributed by atoms with van der Waals surface area (Å²) >= 11 is 13.9. The first-order valence-electron chi connectivity index (χ1n) is 15.2. The lowest BCUT2D eigenvalue weighted by Gasteiger charge is -2.18. The van der Waals surface area contributed by atoms with E-state index in [0.717, 1.165) is 70.2 Å². The summed E-state index contributed by atoms with van der Waals surface area (Å²) in [5.74, 6) is -0.601. The Balaban J connectivity index is 0.000000129. The zero-order chi connectivity index (χ0) is 33.5. The van der Waals surface area contributed by atoms with E-state index in [4.69, 9.17) is 4.42 Å². The summed E-state index contributed by atoms with van der Waals surface area (Å²) in [4.78, 5) is 34.4. The van der Waals surface area contributed by atoms with Crippen LogP contribution in [0.2, 0.25) is 0 Å². The zero-order valence-corrected chi connectivity index (χ0v) is 31.5. The molecule has 0 unspecified atom stereocenters. The van der Waals surface area contributed by atoms with E-state index in [2.05, 4.69) is 112 Å². The number of fused-ring (bicyclic) bond motifs is 11. The van der Waals surface area contributed by atoms with Gasteiger partial charge in [-0.15, -0.1) is 0 Å². The van der Waals surface area contributed by atoms with Crippen LogP contribution in [0, 0.1) is 0 Å². The van der Waals surface area contributed by atoms with Gasteiger partial charge in [-0.2, -0.15) is 0 Å². The maximum Gasteiger partial charge on any atom is 0.234 e. The maximum absolute atomic E-state index is 12.0. The minimum absolute atomic E-state index is 0.284. The van der Waals surface area contributed by atoms with Crippen LogP contribution in [0.3, 0.4) is 0 Å². The highest BCUT2D eigenvalue weighted by atomic mass is 79.9. The first-order valence-corrected chi connectivity index (χ1v) is 18.4. The van der Waals surface area contributed by atoms with Crippen LogP contribution in [0.1, 0.15) is 40.0 Å². The lowest BCUT2D eigenvalue weighted by Crippen LogP contribution is -2.21. The molecule has 7 aromatic rings. The Bertz CT molecular complexity index is 2490. The van der Waals surface area contributed by atoms with Crippen molar-refractivity contribution in [2.75, 3.05) is 0 Å². The normalized spacial score (nSPS) is 13.6. The Hall–Kier alpha value is -3.69. The van der Waals surface area contributed by atoms with Crippen LogP contribution in [-0.2, 0) is 4.79 Å². The van der Waals surface area contributed by atoms with Gasteiger partial charge in [0.15, 0.2) is 5.78 Å². The Morgan fingerprint density at radius 2 is 1.12 bits per heavy atom. The monoisotopic (exact) mass is 884 g/mol. The van der Waals surface area contributed by atoms with E-state index < -0.39 is 11.6 Å². The number of allylic oxidation sites excluding steroid dienone is 2. The van der Waals surface area contributed by atoms with Crippen LogP contribution in [0.5, 0.6) is 0 Å². The molecule has 236 valence electrons. The van der Waals surface area contributed by atoms with Gasteiger partial charge in [-0.3, -0.25) is 14.4 Å². The molecular formula is C40H24Br4O4. The standard InChI is InChI=1S/C20H10Br2O.C14H6Br2O2.C6H8O/c21-11-6-8-14-16(9-11)13-7-5-12(22)10-17(13)19-15-3-1-2-4-18(15)23-20(14)19;15-7-2-4-10-11(5-7)9-3-1-8(16)6-12(9)14(18)13(10)17;7-6-4-2-1-3-5-6/h1-10H;1-6H;2,4H,1,3,5H2. The zero-order valence-electron chi connectivity index (χ0n) is 25.2. The summed E-state index contributed by atoms with van der Waals surface area (Å²) in [6, 6.07) is 31.8. The summed E-state index contributed by atoms with van der Waals surface area (Å²) in [7, 11) is 0. The number of carbonyl (C=O) groups excluding carboxylic acids is 3. The minimum atomic E-state index is -0.443. The van der Waals surface area contributed by atoms with E-state index in [1.807, 2.05) is 36.4 Å². The van der Waals surface area contributed by atoms with Crippen LogP contribution < -0.4 is 0 Å². The van der Waals surface area contributed by atoms with Crippen molar-refractivity contribution >= 4 is 125 Å². The average molecular weight is 888 g/mol. The van der Waals surface area contributed by atoms with Gasteiger partial charge in [0, 0.05) is 51.6 Å². The van der Waals surface area contributed by atoms with E-state index in [9.17, 15) is 14.4 Å². The number of halogens is 4. The largest absolute Gasteiger partial charge is 0.455 e. The van der Waals surface area contributed by atoms with Crippen LogP contribution in [0.15, 0.2) is 132 Å². The number of furan rings is 1. The van der Waals surface area contributed by atoms with Crippen molar-refractivity contribution < 1.29 is 18.8 Å². The van der Waals surface area contributed by atoms with Crippen LogP contribution in [0.4, 0.5) is 0 Å². The predicted octanol–water partition coefficient (Wildman–Crippen LogP) is 13.0. The van der Waals surface area contributed by atoms with E-state index in [1.165, 1.54) is 21.5 Å². The van der Waals surface area contributed by atoms with Gasteiger partial charge in [-0.25, -0.2) is 0 Å². The Morgan fingerprint density at radius 3 is 1.81 bits per heavy atom. The fraction of sp³-hybridized carbons (Fsp3) is 0.0750. The van der Waals surface area contributed by atoms with Crippen molar-refractivity contribution in [3.8, 4) is 11.1 Å². The number of benzene rings is 6. The van der Waals surface area contributed by atoms with Crippen molar-refractivity contribution in [1.82, 2.24) is 0 Å². The second-order valence-electron chi connectivity index (χ2n) is 11.5. The van der Waals surface area contributed by atoms with E-state index in [1.54, 1.807) is 24.3 Å². The number of Topliss-reactive ketones (excluding diaryl/α,β-unsaturated/α-hetero) is 2. The second kappa shape index (κ2) is 13.7. The van der Waals surface area contributed by atoms with Crippen molar-refractivity contribution in [2.45, 2.75) is 19.3 Å². The number of ketones is 3. The fourth-order valence-electron chi connectivity index (χ4n) is 6.21. The molecule has 0 amide bonds. The highest BCUT2D eigenvalue weighted by Gasteiger charge is 2.30. The smallest absolute Gasteiger partial charge is 0.234 e. The fourth-order valence-corrected chi connectivity index (χ4v) is 7.66. The van der Waals surface area contributed by atoms with Gasteiger partial charge >= 0.3 is 0 Å². The molecule has 1 aromatic heterocycles. The molecule has 48 heavy (non-hydrogen) atoms. The molecule has 4 nitrogen and oxygen atoms in total. The van der Waals surface area contributed by atoms with Gasteiger partial charge < -0.3 is 4.42 Å². The highest BCUT2D eigenvalue weighted by Crippen LogP contribution is 2.42. The summed E-state index contributed by atoms with van der Waals surface area (Å²) < 4.78 is 10.1. The molecule has 1 heterocycles. The third kappa shape index (κ3) is 6.27. The number of rotatable bonds is 0. The van der Waals surface area contributed by atoms with Gasteiger partial charge in [0.25, 0.3) is 0 Å². The molecular weight excluding hydrogens is 864 g/mol. The molecule has 0 radical (unpaired) electrons. The van der Waals surface area contributed by atoms with Gasteiger partial charge in [0.1, 0.15) is 11.2 Å². The Labute approximate surface area is 309 Å². The van der Waals surface area contributed by atoms with Crippen molar-refractivity contribution in [1.29, 1.82) is 0 Å². The van der Waals surface area contributed by atoms with Crippen LogP contribution in [0.25, 0.3) is 54.6 Å². The van der Waals surface area contributed by atoms with E-state index in [0.29, 0.717) is 11.1 Å². The topological polar surface area (TPSA) is 64.3 Å². The summed E-state index contributed by atoms with van der Waals surface area (Å²) in [5, 5.41) is 7.15. The molecule has 0 bridgehead atoms. The van der Waals surface area contributed by atoms with Crippen molar-refractivity contribution in [3.05, 3.63) is 138 Å². The quantitative estimate of drug-likeness (QED) is 0.112. The van der Waals surface area contributed by atoms with Gasteiger partial charge in [0.05, 0.1) is 0 Å². The van der Waals surface area contributed by atoms with Gasteiger partial charge in [-0.05, 0) is 113 Å². The highest BCUT2D eigenvalue weighted by molar-refractivity contribution is 9.11. The molecule has 2 aliphatic carbocycles. The number of hydrogen-bond donors (Lipinski definition) is 0. The lowest BCUT2D eigenvalue weighted by atomic mass is 9.84. The Kier molecular flexibility index (Phi) is 9.35. The SMILES string of the molecule is Brc1ccc2c(c1)c1ccc(Br)cc1c1c3ccccc3oc21.O=C1C(=O)c2ccc(Br)cc2-c2ccc(Br)cc21.O=C1C=CCCC1. The van der Waals surface area contributed by atoms with Crippen LogP contribution >= 0.6 is 63.7 Å².